The lowest BCUT2D eigenvalue weighted by Gasteiger charge is -2.16. The van der Waals surface area contributed by atoms with Crippen LogP contribution in [0.2, 0.25) is 0 Å². The van der Waals surface area contributed by atoms with Gasteiger partial charge >= 0.3 is 15.6 Å². The van der Waals surface area contributed by atoms with E-state index in [1.54, 1.807) is 12.1 Å². The van der Waals surface area contributed by atoms with Crippen molar-refractivity contribution < 1.29 is 31.2 Å². The molecule has 0 bridgehead atoms. The molecule has 0 amide bonds. The fourth-order valence-electron chi connectivity index (χ4n) is 4.39. The molecular weight excluding hydrogens is 489 g/mol. The highest BCUT2D eigenvalue weighted by atomic mass is 32.2. The van der Waals surface area contributed by atoms with E-state index in [-0.39, 0.29) is 0 Å². The summed E-state index contributed by atoms with van der Waals surface area (Å²) in [5.74, 6) is 0.308. The van der Waals surface area contributed by atoms with Gasteiger partial charge in [-0.3, -0.25) is 4.55 Å². The Bertz CT molecular complexity index is 1460. The minimum Gasteiger partial charge on any atom is -0.508 e. The van der Waals surface area contributed by atoms with Crippen LogP contribution in [-0.4, -0.2) is 23.6 Å². The molecule has 4 aromatic carbocycles. The van der Waals surface area contributed by atoms with E-state index in [2.05, 4.69) is 66.7 Å². The lowest BCUT2D eigenvalue weighted by atomic mass is 9.88. The zero-order chi connectivity index (χ0) is 25.9. The first kappa shape index (κ1) is 25.5. The minimum absolute atomic E-state index is 0.308. The Hall–Kier alpha value is -3.62. The fraction of sp³-hybridized carbons (Fsp3) is 0.143. The molecule has 4 aromatic rings. The Morgan fingerprint density at radius 2 is 1.31 bits per heavy atom. The van der Waals surface area contributed by atoms with Crippen LogP contribution in [0.3, 0.4) is 0 Å². The highest BCUT2D eigenvalue weighted by Gasteiger charge is 2.44. The van der Waals surface area contributed by atoms with Crippen molar-refractivity contribution in [3.8, 4) is 28.0 Å². The molecule has 2 N–H and O–H groups in total. The summed E-state index contributed by atoms with van der Waals surface area (Å²) >= 11 is 0. The molecule has 0 atom stereocenters. The van der Waals surface area contributed by atoms with E-state index in [1.807, 2.05) is 12.1 Å². The number of phenols is 1. The van der Waals surface area contributed by atoms with E-state index >= 15 is 0 Å². The van der Waals surface area contributed by atoms with Crippen molar-refractivity contribution in [2.75, 3.05) is 0 Å². The monoisotopic (exact) mass is 512 g/mol. The predicted molar refractivity (Wildman–Crippen MR) is 133 cm³/mol. The standard InChI is InChI=1S/C27H22O.CHF3O3S/c28-22-13-11-20(12-14-22)24-16-17-26-23-9-5-4-8-21(23)18-27(26)25(24)15-10-19-6-2-1-3-7-19;2-1(3,4)8(5,6)7/h1-9,11-14,16-17,28H,10,15,18H2;(H,5,6,7). The number of alkyl halides is 3. The maximum atomic E-state index is 10.7. The molecule has 0 heterocycles. The molecule has 0 aliphatic heterocycles. The van der Waals surface area contributed by atoms with Crippen molar-refractivity contribution >= 4 is 10.1 Å². The molecule has 8 heteroatoms. The first-order valence-corrected chi connectivity index (χ1v) is 12.6. The summed E-state index contributed by atoms with van der Waals surface area (Å²) in [6.45, 7) is 0. The van der Waals surface area contributed by atoms with E-state index < -0.39 is 15.6 Å². The summed E-state index contributed by atoms with van der Waals surface area (Å²) in [7, 11) is -5.84. The summed E-state index contributed by atoms with van der Waals surface area (Å²) in [5.41, 5.74) is 5.34. The Morgan fingerprint density at radius 3 is 1.94 bits per heavy atom. The highest BCUT2D eigenvalue weighted by Crippen LogP contribution is 2.42. The number of hydrogen-bond donors (Lipinski definition) is 2. The summed E-state index contributed by atoms with van der Waals surface area (Å²) in [4.78, 5) is 0. The van der Waals surface area contributed by atoms with E-state index in [4.69, 9.17) is 13.0 Å². The number of hydrogen-bond acceptors (Lipinski definition) is 3. The Kier molecular flexibility index (Phi) is 7.19. The molecule has 0 unspecified atom stereocenters. The molecule has 0 spiro atoms. The first-order valence-electron chi connectivity index (χ1n) is 11.1. The highest BCUT2D eigenvalue weighted by molar-refractivity contribution is 7.86. The van der Waals surface area contributed by atoms with Gasteiger partial charge in [-0.2, -0.15) is 21.6 Å². The van der Waals surface area contributed by atoms with Crippen LogP contribution in [0.5, 0.6) is 5.75 Å². The van der Waals surface area contributed by atoms with Crippen LogP contribution in [0.15, 0.2) is 91.0 Å². The van der Waals surface area contributed by atoms with Gasteiger partial charge in [0.05, 0.1) is 0 Å². The van der Waals surface area contributed by atoms with Crippen LogP contribution in [0.1, 0.15) is 22.3 Å². The molecule has 36 heavy (non-hydrogen) atoms. The van der Waals surface area contributed by atoms with Crippen molar-refractivity contribution in [3.05, 3.63) is 113 Å². The number of aryl methyl sites for hydroxylation is 1. The number of fused-ring (bicyclic) bond motifs is 3. The number of halogens is 3. The van der Waals surface area contributed by atoms with Crippen molar-refractivity contribution in [3.63, 3.8) is 0 Å². The summed E-state index contributed by atoms with van der Waals surface area (Å²) < 4.78 is 57.5. The topological polar surface area (TPSA) is 74.6 Å². The minimum atomic E-state index is -5.84. The SMILES string of the molecule is O=S(=O)(O)C(F)(F)F.Oc1ccc(-c2ccc3c(c2CCc2ccccc2)Cc2ccccc2-3)cc1. The number of aromatic hydroxyl groups is 1. The normalized spacial score (nSPS) is 12.3. The molecule has 0 saturated carbocycles. The van der Waals surface area contributed by atoms with Gasteiger partial charge in [-0.25, -0.2) is 0 Å². The van der Waals surface area contributed by atoms with Gasteiger partial charge in [-0.1, -0.05) is 78.9 Å². The van der Waals surface area contributed by atoms with Crippen molar-refractivity contribution in [1.82, 2.24) is 0 Å². The van der Waals surface area contributed by atoms with Crippen LogP contribution in [0.25, 0.3) is 22.3 Å². The summed E-state index contributed by atoms with van der Waals surface area (Å²) in [6, 6.07) is 31.6. The lowest BCUT2D eigenvalue weighted by molar-refractivity contribution is -0.0510. The third-order valence-corrected chi connectivity index (χ3v) is 6.67. The summed E-state index contributed by atoms with van der Waals surface area (Å²) in [6.07, 6.45) is 3.04. The quantitative estimate of drug-likeness (QED) is 0.205. The van der Waals surface area contributed by atoms with E-state index in [9.17, 15) is 18.3 Å². The van der Waals surface area contributed by atoms with Gasteiger partial charge in [0.2, 0.25) is 0 Å². The van der Waals surface area contributed by atoms with Crippen LogP contribution < -0.4 is 0 Å². The fourth-order valence-corrected chi connectivity index (χ4v) is 4.39. The van der Waals surface area contributed by atoms with Crippen LogP contribution in [0, 0.1) is 0 Å². The zero-order valence-corrected chi connectivity index (χ0v) is 19.9. The molecule has 1 aliphatic rings. The molecule has 0 aromatic heterocycles. The second-order valence-corrected chi connectivity index (χ2v) is 9.82. The Balaban J connectivity index is 0.000000331. The average Bonchev–Trinajstić information content (AvgIpc) is 3.22. The van der Waals surface area contributed by atoms with E-state index in [0.717, 1.165) is 19.3 Å². The smallest absolute Gasteiger partial charge is 0.508 e. The maximum absolute atomic E-state index is 10.7. The second kappa shape index (κ2) is 10.2. The molecule has 0 radical (unpaired) electrons. The predicted octanol–water partition coefficient (Wildman–Crippen LogP) is 6.81. The third kappa shape index (κ3) is 5.61. The average molecular weight is 513 g/mol. The second-order valence-electron chi connectivity index (χ2n) is 8.40. The van der Waals surface area contributed by atoms with Gasteiger partial charge in [0.25, 0.3) is 0 Å². The maximum Gasteiger partial charge on any atom is 0.522 e. The van der Waals surface area contributed by atoms with Gasteiger partial charge in [-0.15, -0.1) is 0 Å². The van der Waals surface area contributed by atoms with Gasteiger partial charge < -0.3 is 5.11 Å². The molecule has 5 rings (SSSR count). The van der Waals surface area contributed by atoms with Crippen LogP contribution >= 0.6 is 0 Å². The van der Waals surface area contributed by atoms with E-state index in [1.165, 1.54) is 44.5 Å². The number of phenolic OH excluding ortho intramolecular Hbond substituents is 1. The van der Waals surface area contributed by atoms with Crippen molar-refractivity contribution in [2.24, 2.45) is 0 Å². The molecule has 4 nitrogen and oxygen atoms in total. The molecular formula is C28H23F3O4S. The molecule has 186 valence electrons. The lowest BCUT2D eigenvalue weighted by Crippen LogP contribution is -2.21. The first-order chi connectivity index (χ1) is 17.0. The largest absolute Gasteiger partial charge is 0.522 e. The Labute approximate surface area is 207 Å². The van der Waals surface area contributed by atoms with Gasteiger partial charge in [0.15, 0.2) is 0 Å². The van der Waals surface area contributed by atoms with Gasteiger partial charge in [0.1, 0.15) is 5.75 Å². The van der Waals surface area contributed by atoms with E-state index in [0.29, 0.717) is 5.75 Å². The third-order valence-electron chi connectivity index (χ3n) is 6.08. The summed E-state index contributed by atoms with van der Waals surface area (Å²) in [5, 5.41) is 9.70. The molecule has 0 saturated heterocycles. The number of benzene rings is 4. The van der Waals surface area contributed by atoms with Gasteiger partial charge in [-0.05, 0) is 75.9 Å². The molecule has 0 fully saturated rings. The zero-order valence-electron chi connectivity index (χ0n) is 19.0. The number of rotatable bonds is 4. The van der Waals surface area contributed by atoms with Crippen molar-refractivity contribution in [1.29, 1.82) is 0 Å². The van der Waals surface area contributed by atoms with Crippen molar-refractivity contribution in [2.45, 2.75) is 24.8 Å². The van der Waals surface area contributed by atoms with Crippen LogP contribution in [0.4, 0.5) is 13.2 Å². The molecule has 1 aliphatic carbocycles. The van der Waals surface area contributed by atoms with Gasteiger partial charge in [0, 0.05) is 0 Å². The Morgan fingerprint density at radius 1 is 0.722 bits per heavy atom. The van der Waals surface area contributed by atoms with Crippen LogP contribution in [-0.2, 0) is 29.4 Å².